The zero-order valence-corrected chi connectivity index (χ0v) is 13.8. The third-order valence-corrected chi connectivity index (χ3v) is 4.23. The van der Waals surface area contributed by atoms with E-state index in [0.717, 1.165) is 21.3 Å². The lowest BCUT2D eigenvalue weighted by atomic mass is 10.1. The van der Waals surface area contributed by atoms with Gasteiger partial charge in [-0.25, -0.2) is 0 Å². The van der Waals surface area contributed by atoms with Gasteiger partial charge < -0.3 is 5.32 Å². The number of thiophene rings is 1. The van der Waals surface area contributed by atoms with Crippen molar-refractivity contribution in [2.75, 3.05) is 5.32 Å². The Morgan fingerprint density at radius 1 is 1.04 bits per heavy atom. The summed E-state index contributed by atoms with van der Waals surface area (Å²) in [5.41, 5.74) is 0.844. The van der Waals surface area contributed by atoms with E-state index < -0.39 is 0 Å². The number of hydrogen-bond acceptors (Lipinski definition) is 3. The minimum Gasteiger partial charge on any atom is -0.332 e. The molecule has 2 aromatic carbocycles. The standard InChI is InChI=1S/C18H14N2OS2/c21-17(10-9-16-6-3-11-23-16)20-18(22)19-15-8-7-13-4-1-2-5-14(13)12-15/h1-12H,(H2,19,20,21,22)/b10-9+. The minimum atomic E-state index is -0.253. The van der Waals surface area contributed by atoms with Crippen LogP contribution in [-0.2, 0) is 4.79 Å². The molecule has 3 nitrogen and oxygen atoms in total. The van der Waals surface area contributed by atoms with Gasteiger partial charge in [0.15, 0.2) is 5.11 Å². The van der Waals surface area contributed by atoms with Crippen LogP contribution >= 0.6 is 23.6 Å². The average molecular weight is 338 g/mol. The Labute approximate surface area is 143 Å². The van der Waals surface area contributed by atoms with E-state index >= 15 is 0 Å². The van der Waals surface area contributed by atoms with Gasteiger partial charge in [0.25, 0.3) is 0 Å². The van der Waals surface area contributed by atoms with Crippen molar-refractivity contribution in [3.63, 3.8) is 0 Å². The highest BCUT2D eigenvalue weighted by Gasteiger charge is 2.02. The molecule has 114 valence electrons. The summed E-state index contributed by atoms with van der Waals surface area (Å²) in [5, 5.41) is 10.2. The van der Waals surface area contributed by atoms with Gasteiger partial charge in [-0.3, -0.25) is 10.1 Å². The number of benzene rings is 2. The minimum absolute atomic E-state index is 0.253. The Kier molecular flexibility index (Phi) is 4.80. The van der Waals surface area contributed by atoms with Gasteiger partial charge in [-0.1, -0.05) is 36.4 Å². The molecule has 5 heteroatoms. The van der Waals surface area contributed by atoms with Gasteiger partial charge in [0.2, 0.25) is 5.91 Å². The Bertz CT molecular complexity index is 870. The van der Waals surface area contributed by atoms with Crippen LogP contribution in [-0.4, -0.2) is 11.0 Å². The van der Waals surface area contributed by atoms with Crippen molar-refractivity contribution >= 4 is 57.1 Å². The highest BCUT2D eigenvalue weighted by molar-refractivity contribution is 7.80. The van der Waals surface area contributed by atoms with Gasteiger partial charge in [0, 0.05) is 16.6 Å². The first-order chi connectivity index (χ1) is 11.2. The maximum absolute atomic E-state index is 11.8. The zero-order valence-electron chi connectivity index (χ0n) is 12.2. The maximum atomic E-state index is 11.8. The first kappa shape index (κ1) is 15.4. The van der Waals surface area contributed by atoms with Crippen molar-refractivity contribution in [1.29, 1.82) is 0 Å². The van der Waals surface area contributed by atoms with E-state index in [1.807, 2.05) is 53.9 Å². The lowest BCUT2D eigenvalue weighted by Crippen LogP contribution is -2.32. The molecule has 1 heterocycles. The number of fused-ring (bicyclic) bond motifs is 1. The van der Waals surface area contributed by atoms with Gasteiger partial charge in [0.1, 0.15) is 0 Å². The summed E-state index contributed by atoms with van der Waals surface area (Å²) in [6, 6.07) is 17.9. The molecule has 0 atom stereocenters. The van der Waals surface area contributed by atoms with E-state index in [2.05, 4.69) is 16.7 Å². The summed E-state index contributed by atoms with van der Waals surface area (Å²) in [4.78, 5) is 12.9. The predicted molar refractivity (Wildman–Crippen MR) is 102 cm³/mol. The van der Waals surface area contributed by atoms with E-state index in [1.54, 1.807) is 17.4 Å². The third-order valence-electron chi connectivity index (χ3n) is 3.19. The molecule has 1 amide bonds. The third kappa shape index (κ3) is 4.25. The van der Waals surface area contributed by atoms with Crippen LogP contribution in [0.3, 0.4) is 0 Å². The van der Waals surface area contributed by atoms with Gasteiger partial charge in [-0.15, -0.1) is 11.3 Å². The van der Waals surface area contributed by atoms with E-state index in [-0.39, 0.29) is 11.0 Å². The van der Waals surface area contributed by atoms with Crippen molar-refractivity contribution in [3.8, 4) is 0 Å². The molecular weight excluding hydrogens is 324 g/mol. The van der Waals surface area contributed by atoms with Crippen LogP contribution < -0.4 is 10.6 Å². The number of rotatable bonds is 3. The molecule has 23 heavy (non-hydrogen) atoms. The van der Waals surface area contributed by atoms with E-state index in [0.29, 0.717) is 0 Å². The Balaban J connectivity index is 1.60. The molecule has 0 unspecified atom stereocenters. The van der Waals surface area contributed by atoms with Crippen LogP contribution in [0.1, 0.15) is 4.88 Å². The van der Waals surface area contributed by atoms with Gasteiger partial charge in [-0.2, -0.15) is 0 Å². The molecule has 0 saturated heterocycles. The number of anilines is 1. The summed E-state index contributed by atoms with van der Waals surface area (Å²) in [5.74, 6) is -0.253. The second-order valence-corrected chi connectivity index (χ2v) is 6.24. The summed E-state index contributed by atoms with van der Waals surface area (Å²) in [7, 11) is 0. The van der Waals surface area contributed by atoms with Gasteiger partial charge >= 0.3 is 0 Å². The topological polar surface area (TPSA) is 41.1 Å². The van der Waals surface area contributed by atoms with Gasteiger partial charge in [0.05, 0.1) is 0 Å². The molecule has 0 spiro atoms. The molecule has 0 saturated carbocycles. The summed E-state index contributed by atoms with van der Waals surface area (Å²) >= 11 is 6.75. The molecule has 0 aliphatic carbocycles. The first-order valence-corrected chi connectivity index (χ1v) is 8.32. The number of carbonyl (C=O) groups excluding carboxylic acids is 1. The molecule has 3 rings (SSSR count). The quantitative estimate of drug-likeness (QED) is 0.548. The van der Waals surface area contributed by atoms with E-state index in [9.17, 15) is 4.79 Å². The van der Waals surface area contributed by atoms with E-state index in [1.165, 1.54) is 6.08 Å². The van der Waals surface area contributed by atoms with Crippen molar-refractivity contribution in [2.24, 2.45) is 0 Å². The average Bonchev–Trinajstić information content (AvgIpc) is 3.06. The number of amides is 1. The monoisotopic (exact) mass is 338 g/mol. The molecule has 0 aliphatic heterocycles. The molecule has 2 N–H and O–H groups in total. The fraction of sp³-hybridized carbons (Fsp3) is 0. The fourth-order valence-corrected chi connectivity index (χ4v) is 2.96. The summed E-state index contributed by atoms with van der Waals surface area (Å²) in [6.45, 7) is 0. The fourth-order valence-electron chi connectivity index (χ4n) is 2.13. The summed E-state index contributed by atoms with van der Waals surface area (Å²) < 4.78 is 0. The van der Waals surface area contributed by atoms with Crippen LogP contribution in [0, 0.1) is 0 Å². The molecule has 0 bridgehead atoms. The molecule has 0 fully saturated rings. The molecule has 1 aromatic heterocycles. The Morgan fingerprint density at radius 2 is 1.87 bits per heavy atom. The molecule has 0 radical (unpaired) electrons. The number of thiocarbonyl (C=S) groups is 1. The van der Waals surface area contributed by atoms with Crippen molar-refractivity contribution in [2.45, 2.75) is 0 Å². The highest BCUT2D eigenvalue weighted by Crippen LogP contribution is 2.18. The normalized spacial score (nSPS) is 10.8. The second-order valence-electron chi connectivity index (χ2n) is 4.85. The maximum Gasteiger partial charge on any atom is 0.250 e. The van der Waals surface area contributed by atoms with Gasteiger partial charge in [-0.05, 0) is 52.6 Å². The predicted octanol–water partition coefficient (Wildman–Crippen LogP) is 4.43. The number of carbonyl (C=O) groups is 1. The van der Waals surface area contributed by atoms with E-state index in [4.69, 9.17) is 12.2 Å². The highest BCUT2D eigenvalue weighted by atomic mass is 32.1. The Morgan fingerprint density at radius 3 is 2.65 bits per heavy atom. The number of hydrogen-bond donors (Lipinski definition) is 2. The lowest BCUT2D eigenvalue weighted by Gasteiger charge is -2.09. The van der Waals surface area contributed by atoms with Crippen molar-refractivity contribution < 1.29 is 4.79 Å². The van der Waals surface area contributed by atoms with Crippen LogP contribution in [0.5, 0.6) is 0 Å². The first-order valence-electron chi connectivity index (χ1n) is 7.03. The van der Waals surface area contributed by atoms with Crippen LogP contribution in [0.15, 0.2) is 66.1 Å². The largest absolute Gasteiger partial charge is 0.332 e. The van der Waals surface area contributed by atoms with Crippen LogP contribution in [0.2, 0.25) is 0 Å². The second kappa shape index (κ2) is 7.17. The van der Waals surface area contributed by atoms with Crippen LogP contribution in [0.25, 0.3) is 16.8 Å². The number of nitrogens with one attached hydrogen (secondary N) is 2. The van der Waals surface area contributed by atoms with Crippen molar-refractivity contribution in [3.05, 3.63) is 70.9 Å². The molecule has 0 aliphatic rings. The Hall–Kier alpha value is -2.50. The zero-order chi connectivity index (χ0) is 16.1. The smallest absolute Gasteiger partial charge is 0.250 e. The summed E-state index contributed by atoms with van der Waals surface area (Å²) in [6.07, 6.45) is 3.23. The molecular formula is C18H14N2OS2. The van der Waals surface area contributed by atoms with Crippen LogP contribution in [0.4, 0.5) is 5.69 Å². The van der Waals surface area contributed by atoms with Crippen molar-refractivity contribution in [1.82, 2.24) is 5.32 Å². The molecule has 3 aromatic rings. The lowest BCUT2D eigenvalue weighted by molar-refractivity contribution is -0.115. The SMILES string of the molecule is O=C(/C=C/c1cccs1)NC(=S)Nc1ccc2ccccc2c1.